The molecule has 0 amide bonds. The van der Waals surface area contributed by atoms with Crippen molar-refractivity contribution in [1.82, 2.24) is 10.2 Å². The molecule has 1 atom stereocenters. The van der Waals surface area contributed by atoms with Gasteiger partial charge in [0.25, 0.3) is 0 Å². The van der Waals surface area contributed by atoms with Gasteiger partial charge in [-0.2, -0.15) is 5.10 Å². The number of hydrogen-bond acceptors (Lipinski definition) is 2. The minimum atomic E-state index is -0.702. The molecule has 1 aromatic rings. The fourth-order valence-corrected chi connectivity index (χ4v) is 1.87. The SMILES string of the molecule is Cc1[nH]nc2c1CCC(C(=O)O)C2. The third-order valence-corrected chi connectivity index (χ3v) is 2.69. The monoisotopic (exact) mass is 180 g/mol. The molecule has 70 valence electrons. The first-order valence-corrected chi connectivity index (χ1v) is 4.44. The molecule has 1 heterocycles. The first-order valence-electron chi connectivity index (χ1n) is 4.44. The van der Waals surface area contributed by atoms with Crippen LogP contribution in [-0.2, 0) is 17.6 Å². The van der Waals surface area contributed by atoms with Gasteiger partial charge in [0.05, 0.1) is 11.6 Å². The van der Waals surface area contributed by atoms with E-state index in [0.29, 0.717) is 6.42 Å². The van der Waals surface area contributed by atoms with E-state index in [-0.39, 0.29) is 5.92 Å². The van der Waals surface area contributed by atoms with Crippen LogP contribution in [0.1, 0.15) is 23.4 Å². The number of rotatable bonds is 1. The van der Waals surface area contributed by atoms with Crippen molar-refractivity contribution in [3.05, 3.63) is 17.0 Å². The summed E-state index contributed by atoms with van der Waals surface area (Å²) in [7, 11) is 0. The van der Waals surface area contributed by atoms with E-state index < -0.39 is 5.97 Å². The van der Waals surface area contributed by atoms with Crippen LogP contribution in [0.25, 0.3) is 0 Å². The number of H-pyrrole nitrogens is 1. The van der Waals surface area contributed by atoms with Gasteiger partial charge in [0.1, 0.15) is 0 Å². The van der Waals surface area contributed by atoms with Crippen LogP contribution in [0.15, 0.2) is 0 Å². The molecule has 4 nitrogen and oxygen atoms in total. The molecule has 1 unspecified atom stereocenters. The molecule has 0 radical (unpaired) electrons. The van der Waals surface area contributed by atoms with Gasteiger partial charge in [-0.15, -0.1) is 0 Å². The molecule has 4 heteroatoms. The quantitative estimate of drug-likeness (QED) is 0.675. The minimum Gasteiger partial charge on any atom is -0.481 e. The van der Waals surface area contributed by atoms with Gasteiger partial charge in [-0.3, -0.25) is 9.89 Å². The molecule has 1 aromatic heterocycles. The Labute approximate surface area is 76.0 Å². The Morgan fingerprint density at radius 3 is 3.15 bits per heavy atom. The number of fused-ring (bicyclic) bond motifs is 1. The van der Waals surface area contributed by atoms with Gasteiger partial charge in [0.2, 0.25) is 0 Å². The van der Waals surface area contributed by atoms with Gasteiger partial charge in [-0.05, 0) is 25.3 Å². The standard InChI is InChI=1S/C9H12N2O2/c1-5-7-3-2-6(9(12)13)4-8(7)11-10-5/h6H,2-4H2,1H3,(H,10,11)(H,12,13). The highest BCUT2D eigenvalue weighted by atomic mass is 16.4. The molecule has 1 aliphatic carbocycles. The second-order valence-corrected chi connectivity index (χ2v) is 3.55. The van der Waals surface area contributed by atoms with Crippen molar-refractivity contribution in [3.63, 3.8) is 0 Å². The predicted octanol–water partition coefficient (Wildman–Crippen LogP) is 0.908. The van der Waals surface area contributed by atoms with Crippen LogP contribution in [0.3, 0.4) is 0 Å². The second kappa shape index (κ2) is 2.87. The lowest BCUT2D eigenvalue weighted by molar-refractivity contribution is -0.142. The number of nitrogens with zero attached hydrogens (tertiary/aromatic N) is 1. The average Bonchev–Trinajstić information content (AvgIpc) is 2.47. The van der Waals surface area contributed by atoms with E-state index in [1.54, 1.807) is 0 Å². The summed E-state index contributed by atoms with van der Waals surface area (Å²) in [5, 5.41) is 15.8. The summed E-state index contributed by atoms with van der Waals surface area (Å²) in [5.41, 5.74) is 3.24. The van der Waals surface area contributed by atoms with Crippen LogP contribution in [-0.4, -0.2) is 21.3 Å². The highest BCUT2D eigenvalue weighted by Gasteiger charge is 2.26. The minimum absolute atomic E-state index is 0.241. The van der Waals surface area contributed by atoms with Crippen molar-refractivity contribution in [3.8, 4) is 0 Å². The van der Waals surface area contributed by atoms with Crippen LogP contribution < -0.4 is 0 Å². The number of hydrogen-bond donors (Lipinski definition) is 2. The Morgan fingerprint density at radius 2 is 2.46 bits per heavy atom. The van der Waals surface area contributed by atoms with Gasteiger partial charge >= 0.3 is 5.97 Å². The number of nitrogens with one attached hydrogen (secondary N) is 1. The van der Waals surface area contributed by atoms with Crippen molar-refractivity contribution >= 4 is 5.97 Å². The van der Waals surface area contributed by atoms with Crippen molar-refractivity contribution in [1.29, 1.82) is 0 Å². The van der Waals surface area contributed by atoms with Gasteiger partial charge < -0.3 is 5.11 Å². The Kier molecular flexibility index (Phi) is 1.83. The zero-order valence-corrected chi connectivity index (χ0v) is 7.50. The van der Waals surface area contributed by atoms with Crippen LogP contribution in [0, 0.1) is 12.8 Å². The van der Waals surface area contributed by atoms with Crippen LogP contribution in [0.2, 0.25) is 0 Å². The lowest BCUT2D eigenvalue weighted by Crippen LogP contribution is -2.22. The fourth-order valence-electron chi connectivity index (χ4n) is 1.87. The molecule has 0 spiro atoms. The molecule has 1 aliphatic rings. The Balaban J connectivity index is 2.25. The molecule has 13 heavy (non-hydrogen) atoms. The van der Waals surface area contributed by atoms with E-state index in [0.717, 1.165) is 24.2 Å². The van der Waals surface area contributed by atoms with Gasteiger partial charge in [0.15, 0.2) is 0 Å². The Morgan fingerprint density at radius 1 is 1.69 bits per heavy atom. The third kappa shape index (κ3) is 1.32. The van der Waals surface area contributed by atoms with E-state index in [1.165, 1.54) is 5.56 Å². The van der Waals surface area contributed by atoms with E-state index in [2.05, 4.69) is 10.2 Å². The number of aryl methyl sites for hydroxylation is 1. The van der Waals surface area contributed by atoms with Crippen LogP contribution >= 0.6 is 0 Å². The van der Waals surface area contributed by atoms with E-state index in [1.807, 2.05) is 6.92 Å². The van der Waals surface area contributed by atoms with E-state index in [9.17, 15) is 4.79 Å². The zero-order chi connectivity index (χ0) is 9.42. The summed E-state index contributed by atoms with van der Waals surface area (Å²) in [6, 6.07) is 0. The van der Waals surface area contributed by atoms with Crippen molar-refractivity contribution in [2.45, 2.75) is 26.2 Å². The normalized spacial score (nSPS) is 21.2. The predicted molar refractivity (Wildman–Crippen MR) is 46.5 cm³/mol. The zero-order valence-electron chi connectivity index (χ0n) is 7.50. The largest absolute Gasteiger partial charge is 0.481 e. The van der Waals surface area contributed by atoms with Crippen LogP contribution in [0.5, 0.6) is 0 Å². The van der Waals surface area contributed by atoms with Gasteiger partial charge in [-0.1, -0.05) is 0 Å². The topological polar surface area (TPSA) is 66.0 Å². The lowest BCUT2D eigenvalue weighted by atomic mass is 9.87. The van der Waals surface area contributed by atoms with Crippen molar-refractivity contribution < 1.29 is 9.90 Å². The summed E-state index contributed by atoms with van der Waals surface area (Å²) in [6.45, 7) is 1.98. The first kappa shape index (κ1) is 8.29. The summed E-state index contributed by atoms with van der Waals surface area (Å²) in [6.07, 6.45) is 2.16. The summed E-state index contributed by atoms with van der Waals surface area (Å²) in [4.78, 5) is 10.7. The van der Waals surface area contributed by atoms with E-state index in [4.69, 9.17) is 5.11 Å². The maximum atomic E-state index is 10.7. The molecular formula is C9H12N2O2. The molecular weight excluding hydrogens is 168 g/mol. The average molecular weight is 180 g/mol. The first-order chi connectivity index (χ1) is 6.18. The van der Waals surface area contributed by atoms with E-state index >= 15 is 0 Å². The number of aromatic amines is 1. The summed E-state index contributed by atoms with van der Waals surface area (Å²) in [5.74, 6) is -0.943. The fraction of sp³-hybridized carbons (Fsp3) is 0.556. The molecule has 0 aliphatic heterocycles. The third-order valence-electron chi connectivity index (χ3n) is 2.69. The molecule has 0 fully saturated rings. The summed E-state index contributed by atoms with van der Waals surface area (Å²) >= 11 is 0. The number of carboxylic acids is 1. The molecule has 2 rings (SSSR count). The highest BCUT2D eigenvalue weighted by molar-refractivity contribution is 5.70. The molecule has 2 N–H and O–H groups in total. The Bertz CT molecular complexity index is 343. The maximum Gasteiger partial charge on any atom is 0.306 e. The number of aromatic nitrogens is 2. The molecule has 0 saturated carbocycles. The number of carboxylic acid groups (broad SMARTS) is 1. The number of carbonyl (C=O) groups is 1. The summed E-state index contributed by atoms with van der Waals surface area (Å²) < 4.78 is 0. The molecule has 0 bridgehead atoms. The lowest BCUT2D eigenvalue weighted by Gasteiger charge is -2.17. The Hall–Kier alpha value is -1.32. The second-order valence-electron chi connectivity index (χ2n) is 3.55. The smallest absolute Gasteiger partial charge is 0.306 e. The molecule has 0 saturated heterocycles. The van der Waals surface area contributed by atoms with Crippen LogP contribution in [0.4, 0.5) is 0 Å². The van der Waals surface area contributed by atoms with Crippen molar-refractivity contribution in [2.75, 3.05) is 0 Å². The maximum absolute atomic E-state index is 10.7. The van der Waals surface area contributed by atoms with Gasteiger partial charge in [-0.25, -0.2) is 0 Å². The van der Waals surface area contributed by atoms with Crippen molar-refractivity contribution in [2.24, 2.45) is 5.92 Å². The number of aliphatic carboxylic acids is 1. The highest BCUT2D eigenvalue weighted by Crippen LogP contribution is 2.25. The van der Waals surface area contributed by atoms with Gasteiger partial charge in [0, 0.05) is 12.1 Å². The molecule has 0 aromatic carbocycles.